The Morgan fingerprint density at radius 2 is 1.19 bits per heavy atom. The van der Waals surface area contributed by atoms with Gasteiger partial charge in [-0.3, -0.25) is 9.59 Å². The zero-order valence-corrected chi connectivity index (χ0v) is 35.8. The minimum atomic E-state index is -1.30. The molecule has 2 saturated heterocycles. The first-order valence-electron chi connectivity index (χ1n) is 20.9. The molecule has 2 fully saturated rings. The quantitative estimate of drug-likeness (QED) is 0.147. The van der Waals surface area contributed by atoms with Crippen LogP contribution in [0.2, 0.25) is 0 Å². The van der Waals surface area contributed by atoms with Crippen molar-refractivity contribution in [3.63, 3.8) is 0 Å². The molecular formula is C51H58O8. The molecule has 4 aliphatic carbocycles. The number of hydrogen-bond acceptors (Lipinski definition) is 8. The maximum Gasteiger partial charge on any atom is 0.346 e. The summed E-state index contributed by atoms with van der Waals surface area (Å²) in [7, 11) is 0. The third kappa shape index (κ3) is 7.50. The number of allylic oxidation sites excluding steroid dienone is 11. The van der Waals surface area contributed by atoms with Crippen molar-refractivity contribution in [2.45, 2.75) is 105 Å². The lowest BCUT2D eigenvalue weighted by Gasteiger charge is -2.46. The third-order valence-electron chi connectivity index (χ3n) is 13.3. The molecule has 310 valence electrons. The number of rotatable bonds is 0. The number of fused-ring (bicyclic) bond motifs is 10. The zero-order valence-electron chi connectivity index (χ0n) is 35.8. The Morgan fingerprint density at radius 1 is 0.661 bits per heavy atom. The molecule has 10 rings (SSSR count). The van der Waals surface area contributed by atoms with Gasteiger partial charge in [0.25, 0.3) is 0 Å². The van der Waals surface area contributed by atoms with Gasteiger partial charge in [0.1, 0.15) is 41.6 Å². The van der Waals surface area contributed by atoms with E-state index in [1.165, 1.54) is 5.57 Å². The fraction of sp³-hybridized carbons (Fsp3) is 0.431. The first-order chi connectivity index (χ1) is 27.9. The molecule has 0 saturated carbocycles. The Morgan fingerprint density at radius 3 is 1.76 bits per heavy atom. The van der Waals surface area contributed by atoms with E-state index in [0.29, 0.717) is 43.0 Å². The Hall–Kier alpha value is -5.21. The smallest absolute Gasteiger partial charge is 0.346 e. The van der Waals surface area contributed by atoms with Crippen molar-refractivity contribution in [3.8, 4) is 0 Å². The van der Waals surface area contributed by atoms with Crippen molar-refractivity contribution in [1.82, 2.24) is 0 Å². The van der Waals surface area contributed by atoms with E-state index in [0.717, 1.165) is 40.7 Å². The lowest BCUT2D eigenvalue weighted by Crippen LogP contribution is -2.53. The highest BCUT2D eigenvalue weighted by molar-refractivity contribution is 6.26. The van der Waals surface area contributed by atoms with Gasteiger partial charge in [0.2, 0.25) is 11.6 Å². The van der Waals surface area contributed by atoms with Crippen LogP contribution in [0.3, 0.4) is 0 Å². The largest absolute Gasteiger partial charge is 0.488 e. The first-order valence-corrected chi connectivity index (χ1v) is 20.9. The molecule has 8 bridgehead atoms. The summed E-state index contributed by atoms with van der Waals surface area (Å²) in [4.78, 5) is 40.6. The molecule has 6 aliphatic heterocycles. The number of ether oxygens (including phenoxy) is 4. The van der Waals surface area contributed by atoms with Crippen molar-refractivity contribution < 1.29 is 38.4 Å². The van der Waals surface area contributed by atoms with E-state index >= 15 is 0 Å². The fourth-order valence-electron chi connectivity index (χ4n) is 9.84. The highest BCUT2D eigenvalue weighted by Crippen LogP contribution is 2.56. The number of aliphatic hydroxyl groups excluding tert-OH is 1. The van der Waals surface area contributed by atoms with Crippen LogP contribution in [-0.2, 0) is 33.3 Å². The minimum Gasteiger partial charge on any atom is -0.488 e. The van der Waals surface area contributed by atoms with Crippen LogP contribution < -0.4 is 0 Å². The van der Waals surface area contributed by atoms with Gasteiger partial charge in [0.05, 0.1) is 16.9 Å². The SMILES string of the molecule is C=C1O[C@@]23C[C@H](C)C(C)=C[C@]2(C)/C=C(C)/C=C/CC/C=C2/C=CC(=C1C3=O)OC2.CC1=C[C@]2(C)/C=C(C)/C=C/C[C@@H](O)/C=C3C=C/C(=C4\C(=O)O[C@]2(C[C@@H]1C)C4=O)OC/3. The average molecular weight is 799 g/mol. The topological polar surface area (TPSA) is 108 Å². The summed E-state index contributed by atoms with van der Waals surface area (Å²) in [5.74, 6) is 0.629. The van der Waals surface area contributed by atoms with Crippen molar-refractivity contribution in [2.75, 3.05) is 13.2 Å². The van der Waals surface area contributed by atoms with E-state index in [2.05, 4.69) is 77.7 Å². The summed E-state index contributed by atoms with van der Waals surface area (Å²) in [5.41, 5.74) is 3.26. The second kappa shape index (κ2) is 15.8. The van der Waals surface area contributed by atoms with Crippen molar-refractivity contribution in [3.05, 3.63) is 154 Å². The molecule has 8 heteroatoms. The van der Waals surface area contributed by atoms with E-state index in [1.54, 1.807) is 18.2 Å². The van der Waals surface area contributed by atoms with Crippen molar-refractivity contribution in [1.29, 1.82) is 0 Å². The highest BCUT2D eigenvalue weighted by Gasteiger charge is 2.64. The molecule has 0 amide bonds. The van der Waals surface area contributed by atoms with Crippen LogP contribution >= 0.6 is 0 Å². The molecule has 59 heavy (non-hydrogen) atoms. The number of esters is 1. The lowest BCUT2D eigenvalue weighted by molar-refractivity contribution is -0.162. The van der Waals surface area contributed by atoms with Crippen LogP contribution in [0.4, 0.5) is 0 Å². The maximum absolute atomic E-state index is 13.9. The molecule has 10 aliphatic rings. The van der Waals surface area contributed by atoms with E-state index < -0.39 is 34.1 Å². The van der Waals surface area contributed by atoms with Crippen LogP contribution in [0.25, 0.3) is 0 Å². The molecule has 0 radical (unpaired) electrons. The summed E-state index contributed by atoms with van der Waals surface area (Å²) in [5, 5.41) is 10.3. The van der Waals surface area contributed by atoms with E-state index in [-0.39, 0.29) is 41.3 Å². The Kier molecular flexibility index (Phi) is 11.2. The van der Waals surface area contributed by atoms with E-state index in [4.69, 9.17) is 18.9 Å². The number of Topliss-reactive ketones (excluding diaryl/α,β-unsaturated/α-hetero) is 2. The third-order valence-corrected chi connectivity index (χ3v) is 13.3. The van der Waals surface area contributed by atoms with Gasteiger partial charge < -0.3 is 24.1 Å². The number of hydrogen-bond donors (Lipinski definition) is 1. The predicted molar refractivity (Wildman–Crippen MR) is 229 cm³/mol. The predicted octanol–water partition coefficient (Wildman–Crippen LogP) is 9.77. The van der Waals surface area contributed by atoms with Gasteiger partial charge in [-0.15, -0.1) is 0 Å². The maximum atomic E-state index is 13.9. The number of carbonyl (C=O) groups is 3. The van der Waals surface area contributed by atoms with Gasteiger partial charge in [-0.2, -0.15) is 0 Å². The molecule has 0 aromatic heterocycles. The Labute approximate surface area is 349 Å². The lowest BCUT2D eigenvalue weighted by atomic mass is 9.61. The normalized spacial score (nSPS) is 41.2. The van der Waals surface area contributed by atoms with Gasteiger partial charge >= 0.3 is 5.97 Å². The molecule has 0 unspecified atom stereocenters. The molecule has 0 aromatic carbocycles. The van der Waals surface area contributed by atoms with Gasteiger partial charge in [-0.05, 0) is 102 Å². The summed E-state index contributed by atoms with van der Waals surface area (Å²) in [6.07, 6.45) is 30.7. The average Bonchev–Trinajstić information content (AvgIpc) is 3.57. The van der Waals surface area contributed by atoms with Crippen LogP contribution in [-0.4, -0.2) is 53.2 Å². The summed E-state index contributed by atoms with van der Waals surface area (Å²) >= 11 is 0. The summed E-state index contributed by atoms with van der Waals surface area (Å²) < 4.78 is 24.1. The van der Waals surface area contributed by atoms with Gasteiger partial charge in [0.15, 0.2) is 11.2 Å². The molecule has 2 spiro atoms. The zero-order chi connectivity index (χ0) is 42.5. The van der Waals surface area contributed by atoms with Gasteiger partial charge in [-0.25, -0.2) is 4.79 Å². The first kappa shape index (κ1) is 41.9. The number of aliphatic hydroxyl groups is 1. The molecule has 6 heterocycles. The fourth-order valence-corrected chi connectivity index (χ4v) is 9.84. The monoisotopic (exact) mass is 798 g/mol. The minimum absolute atomic E-state index is 0.0180. The standard InChI is InChI=1S/C26H30O3.C25H28O5/c1-17-9-7-6-8-10-21-11-12-22(28-16-21)23-20(4)29-26(24(23)27)15-19(3)18(2)14-25(26,5)13-17;1-15-6-5-7-19(26)10-18-8-9-20(29-14-18)21-22(27)25(30-23(21)28)13-17(3)16(2)12-24(25,4)11-15/h7,9-14,19H,4,6,8,15-16H2,1-3,5H3;5-6,8-12,17,19,26H,7,13-14H2,1-4H3/b9-7+,17-13+,21-10-,23-22?;6-5+,15-11+,18-10-,21-20+/t19-,25-,26+;17-,19+,24-,25+/m00/s1. The Bertz CT molecular complexity index is 2260. The Balaban J connectivity index is 0.000000179. The van der Waals surface area contributed by atoms with Gasteiger partial charge in [0, 0.05) is 12.8 Å². The van der Waals surface area contributed by atoms with Crippen LogP contribution in [0.1, 0.15) is 87.5 Å². The summed E-state index contributed by atoms with van der Waals surface area (Å²) in [6, 6.07) is 0. The molecule has 1 N–H and O–H groups in total. The summed E-state index contributed by atoms with van der Waals surface area (Å²) in [6.45, 7) is 21.3. The van der Waals surface area contributed by atoms with Crippen molar-refractivity contribution in [2.24, 2.45) is 22.7 Å². The second-order valence-electron chi connectivity index (χ2n) is 18.0. The van der Waals surface area contributed by atoms with E-state index in [9.17, 15) is 19.5 Å². The number of ketones is 2. The second-order valence-corrected chi connectivity index (χ2v) is 18.0. The molecule has 0 aromatic rings. The number of carbonyl (C=O) groups excluding carboxylic acids is 3. The molecule has 7 atom stereocenters. The van der Waals surface area contributed by atoms with Crippen LogP contribution in [0.15, 0.2) is 154 Å². The van der Waals surface area contributed by atoms with Crippen LogP contribution in [0.5, 0.6) is 0 Å². The molecular weight excluding hydrogens is 741 g/mol. The van der Waals surface area contributed by atoms with Crippen LogP contribution in [0, 0.1) is 22.7 Å². The van der Waals surface area contributed by atoms with E-state index in [1.807, 2.05) is 51.2 Å². The molecule has 8 nitrogen and oxygen atoms in total. The van der Waals surface area contributed by atoms with Crippen molar-refractivity contribution >= 4 is 17.5 Å². The van der Waals surface area contributed by atoms with Gasteiger partial charge in [-0.1, -0.05) is 110 Å². The highest BCUT2D eigenvalue weighted by atomic mass is 16.6.